The van der Waals surface area contributed by atoms with Gasteiger partial charge in [0.25, 0.3) is 0 Å². The van der Waals surface area contributed by atoms with Crippen LogP contribution in [0.2, 0.25) is 0 Å². The third-order valence-corrected chi connectivity index (χ3v) is 2.41. The Bertz CT molecular complexity index is 92.7. The summed E-state index contributed by atoms with van der Waals surface area (Å²) < 4.78 is 10.6. The molecule has 0 bridgehead atoms. The van der Waals surface area contributed by atoms with Crippen LogP contribution in [0.25, 0.3) is 0 Å². The fourth-order valence-corrected chi connectivity index (χ4v) is 1.48. The summed E-state index contributed by atoms with van der Waals surface area (Å²) in [6.45, 7) is 6.51. The topological polar surface area (TPSA) is 18.5 Å². The van der Waals surface area contributed by atoms with Gasteiger partial charge in [0.1, 0.15) is 6.79 Å². The molecule has 0 amide bonds. The predicted octanol–water partition coefficient (Wildman–Crippen LogP) is 4.14. The van der Waals surface area contributed by atoms with Crippen molar-refractivity contribution in [2.24, 2.45) is 0 Å². The van der Waals surface area contributed by atoms with Gasteiger partial charge in [0.2, 0.25) is 0 Å². The van der Waals surface area contributed by atoms with Gasteiger partial charge in [-0.25, -0.2) is 0 Å². The third-order valence-electron chi connectivity index (χ3n) is 2.41. The summed E-state index contributed by atoms with van der Waals surface area (Å²) in [5, 5.41) is 0. The minimum Gasteiger partial charge on any atom is -0.355 e. The van der Waals surface area contributed by atoms with E-state index in [0.29, 0.717) is 6.79 Å². The molecule has 0 saturated carbocycles. The molecule has 92 valence electrons. The molecule has 0 heterocycles. The van der Waals surface area contributed by atoms with E-state index in [1.807, 2.05) is 0 Å². The zero-order valence-electron chi connectivity index (χ0n) is 10.6. The Kier molecular flexibility index (Phi) is 13.8. The summed E-state index contributed by atoms with van der Waals surface area (Å²) in [4.78, 5) is 0. The van der Waals surface area contributed by atoms with E-state index in [0.717, 1.165) is 19.6 Å². The lowest BCUT2D eigenvalue weighted by Gasteiger charge is -2.04. The van der Waals surface area contributed by atoms with Crippen molar-refractivity contribution < 1.29 is 9.47 Å². The van der Waals surface area contributed by atoms with Gasteiger partial charge < -0.3 is 9.47 Å². The SMILES string of the molecule is CCCCCCCCCOCOCCC. The Labute approximate surface area is 95.3 Å². The van der Waals surface area contributed by atoms with Gasteiger partial charge in [-0.05, 0) is 12.8 Å². The number of unbranched alkanes of at least 4 members (excludes halogenated alkanes) is 6. The second kappa shape index (κ2) is 13.9. The largest absolute Gasteiger partial charge is 0.355 e. The van der Waals surface area contributed by atoms with Crippen molar-refractivity contribution in [1.29, 1.82) is 0 Å². The van der Waals surface area contributed by atoms with E-state index in [1.54, 1.807) is 0 Å². The summed E-state index contributed by atoms with van der Waals surface area (Å²) in [6, 6.07) is 0. The van der Waals surface area contributed by atoms with Crippen LogP contribution in [0.5, 0.6) is 0 Å². The van der Waals surface area contributed by atoms with Gasteiger partial charge in [-0.2, -0.15) is 0 Å². The maximum absolute atomic E-state index is 5.34. The molecule has 2 heteroatoms. The minimum atomic E-state index is 0.476. The molecule has 0 unspecified atom stereocenters. The molecule has 0 aromatic heterocycles. The molecule has 0 spiro atoms. The molecule has 0 rings (SSSR count). The second-order valence-electron chi connectivity index (χ2n) is 4.06. The molecule has 0 aliphatic carbocycles. The first-order chi connectivity index (χ1) is 7.41. The van der Waals surface area contributed by atoms with Crippen molar-refractivity contribution in [3.05, 3.63) is 0 Å². The third kappa shape index (κ3) is 13.9. The van der Waals surface area contributed by atoms with Crippen LogP contribution < -0.4 is 0 Å². The number of rotatable bonds is 12. The fraction of sp³-hybridized carbons (Fsp3) is 1.00. The maximum Gasteiger partial charge on any atom is 0.146 e. The summed E-state index contributed by atoms with van der Waals surface area (Å²) in [6.07, 6.45) is 10.4. The first-order valence-electron chi connectivity index (χ1n) is 6.57. The summed E-state index contributed by atoms with van der Waals surface area (Å²) in [7, 11) is 0. The lowest BCUT2D eigenvalue weighted by Crippen LogP contribution is -2.02. The smallest absolute Gasteiger partial charge is 0.146 e. The fourth-order valence-electron chi connectivity index (χ4n) is 1.48. The average Bonchev–Trinajstić information content (AvgIpc) is 2.26. The Morgan fingerprint density at radius 3 is 1.87 bits per heavy atom. The highest BCUT2D eigenvalue weighted by molar-refractivity contribution is 4.44. The molecule has 0 aliphatic heterocycles. The molecule has 0 atom stereocenters. The Morgan fingerprint density at radius 2 is 1.20 bits per heavy atom. The van der Waals surface area contributed by atoms with Gasteiger partial charge in [0.05, 0.1) is 0 Å². The Balaban J connectivity index is 2.81. The molecule has 2 nitrogen and oxygen atoms in total. The summed E-state index contributed by atoms with van der Waals surface area (Å²) in [5.41, 5.74) is 0. The molecule has 0 saturated heterocycles. The monoisotopic (exact) mass is 216 g/mol. The predicted molar refractivity (Wildman–Crippen MR) is 65.1 cm³/mol. The van der Waals surface area contributed by atoms with E-state index in [9.17, 15) is 0 Å². The van der Waals surface area contributed by atoms with Crippen molar-refractivity contribution in [3.63, 3.8) is 0 Å². The van der Waals surface area contributed by atoms with E-state index in [-0.39, 0.29) is 0 Å². The van der Waals surface area contributed by atoms with Gasteiger partial charge in [0.15, 0.2) is 0 Å². The molecule has 0 fully saturated rings. The van der Waals surface area contributed by atoms with Crippen LogP contribution in [-0.4, -0.2) is 20.0 Å². The van der Waals surface area contributed by atoms with Gasteiger partial charge in [-0.1, -0.05) is 52.4 Å². The summed E-state index contributed by atoms with van der Waals surface area (Å²) >= 11 is 0. The molecule has 0 aliphatic rings. The number of hydrogen-bond acceptors (Lipinski definition) is 2. The lowest BCUT2D eigenvalue weighted by atomic mass is 10.1. The normalized spacial score (nSPS) is 10.8. The first kappa shape index (κ1) is 14.9. The van der Waals surface area contributed by atoms with Gasteiger partial charge >= 0.3 is 0 Å². The maximum atomic E-state index is 5.34. The van der Waals surface area contributed by atoms with Crippen molar-refractivity contribution >= 4 is 0 Å². The van der Waals surface area contributed by atoms with E-state index in [4.69, 9.17) is 9.47 Å². The Hall–Kier alpha value is -0.0800. The quantitative estimate of drug-likeness (QED) is 0.360. The van der Waals surface area contributed by atoms with Crippen molar-refractivity contribution in [2.75, 3.05) is 20.0 Å². The molecule has 0 radical (unpaired) electrons. The van der Waals surface area contributed by atoms with Crippen LogP contribution in [-0.2, 0) is 9.47 Å². The van der Waals surface area contributed by atoms with Crippen molar-refractivity contribution in [3.8, 4) is 0 Å². The van der Waals surface area contributed by atoms with Gasteiger partial charge in [0, 0.05) is 13.2 Å². The van der Waals surface area contributed by atoms with E-state index < -0.39 is 0 Å². The van der Waals surface area contributed by atoms with Gasteiger partial charge in [-0.15, -0.1) is 0 Å². The van der Waals surface area contributed by atoms with E-state index >= 15 is 0 Å². The van der Waals surface area contributed by atoms with Crippen LogP contribution in [0.3, 0.4) is 0 Å². The molecule has 0 N–H and O–H groups in total. The lowest BCUT2D eigenvalue weighted by molar-refractivity contribution is -0.0543. The van der Waals surface area contributed by atoms with Crippen LogP contribution in [0, 0.1) is 0 Å². The zero-order chi connectivity index (χ0) is 11.2. The van der Waals surface area contributed by atoms with Crippen molar-refractivity contribution in [1.82, 2.24) is 0 Å². The second-order valence-corrected chi connectivity index (χ2v) is 4.06. The molecular weight excluding hydrogens is 188 g/mol. The molecule has 0 aromatic rings. The van der Waals surface area contributed by atoms with E-state index in [1.165, 1.54) is 44.9 Å². The van der Waals surface area contributed by atoms with Gasteiger partial charge in [-0.3, -0.25) is 0 Å². The van der Waals surface area contributed by atoms with Crippen LogP contribution in [0.4, 0.5) is 0 Å². The average molecular weight is 216 g/mol. The van der Waals surface area contributed by atoms with Crippen LogP contribution >= 0.6 is 0 Å². The first-order valence-corrected chi connectivity index (χ1v) is 6.57. The highest BCUT2D eigenvalue weighted by Gasteiger charge is 1.91. The summed E-state index contributed by atoms with van der Waals surface area (Å²) in [5.74, 6) is 0. The Morgan fingerprint density at radius 1 is 0.600 bits per heavy atom. The molecule has 15 heavy (non-hydrogen) atoms. The van der Waals surface area contributed by atoms with E-state index in [2.05, 4.69) is 13.8 Å². The zero-order valence-corrected chi connectivity index (χ0v) is 10.6. The minimum absolute atomic E-state index is 0.476. The highest BCUT2D eigenvalue weighted by Crippen LogP contribution is 2.06. The van der Waals surface area contributed by atoms with Crippen LogP contribution in [0.1, 0.15) is 65.2 Å². The number of hydrogen-bond donors (Lipinski definition) is 0. The standard InChI is InChI=1S/C13H28O2/c1-3-5-6-7-8-9-10-12-15-13-14-11-4-2/h3-13H2,1-2H3. The van der Waals surface area contributed by atoms with Crippen molar-refractivity contribution in [2.45, 2.75) is 65.2 Å². The highest BCUT2D eigenvalue weighted by atomic mass is 16.7. The van der Waals surface area contributed by atoms with Crippen LogP contribution in [0.15, 0.2) is 0 Å². The number of ether oxygens (including phenoxy) is 2. The molecule has 0 aromatic carbocycles. The molecular formula is C13H28O2.